The minimum Gasteiger partial charge on any atom is -0.297 e. The van der Waals surface area contributed by atoms with E-state index in [1.165, 1.54) is 12.8 Å². The van der Waals surface area contributed by atoms with Crippen molar-refractivity contribution in [2.45, 2.75) is 32.2 Å². The minimum atomic E-state index is 0.500. The smallest absolute Gasteiger partial charge is 0.0764 e. The Morgan fingerprint density at radius 2 is 2.25 bits per heavy atom. The quantitative estimate of drug-likeness (QED) is 0.855. The maximum atomic E-state index is 4.63. The van der Waals surface area contributed by atoms with Gasteiger partial charge in [0, 0.05) is 44.6 Å². The Kier molecular flexibility index (Phi) is 3.78. The molecule has 5 nitrogen and oxygen atoms in total. The van der Waals surface area contributed by atoms with Gasteiger partial charge in [0.05, 0.1) is 17.1 Å². The summed E-state index contributed by atoms with van der Waals surface area (Å²) >= 11 is 0. The standard InChI is InChI=1S/C15H21N5/c1-12-8-16-9-15(17-12)13-4-3-6-20(10-13)11-14-5-7-19(2)18-14/h5,7-9,13H,3-4,6,10-11H2,1-2H3/t13-/m1/s1. The molecule has 1 atom stereocenters. The van der Waals surface area contributed by atoms with E-state index in [0.29, 0.717) is 5.92 Å². The molecule has 0 radical (unpaired) electrons. The highest BCUT2D eigenvalue weighted by molar-refractivity contribution is 5.09. The van der Waals surface area contributed by atoms with Crippen molar-refractivity contribution < 1.29 is 0 Å². The first-order valence-electron chi connectivity index (χ1n) is 7.20. The first-order valence-corrected chi connectivity index (χ1v) is 7.20. The molecule has 0 saturated carbocycles. The highest BCUT2D eigenvalue weighted by Gasteiger charge is 2.23. The summed E-state index contributed by atoms with van der Waals surface area (Å²) in [5.41, 5.74) is 3.28. The summed E-state index contributed by atoms with van der Waals surface area (Å²) < 4.78 is 1.86. The van der Waals surface area contributed by atoms with E-state index in [4.69, 9.17) is 0 Å². The van der Waals surface area contributed by atoms with Crippen molar-refractivity contribution in [2.24, 2.45) is 7.05 Å². The fourth-order valence-corrected chi connectivity index (χ4v) is 2.90. The monoisotopic (exact) mass is 271 g/mol. The molecule has 0 N–H and O–H groups in total. The molecule has 20 heavy (non-hydrogen) atoms. The van der Waals surface area contributed by atoms with E-state index in [2.05, 4.69) is 26.0 Å². The van der Waals surface area contributed by atoms with Gasteiger partial charge in [0.15, 0.2) is 0 Å². The lowest BCUT2D eigenvalue weighted by atomic mass is 9.95. The second-order valence-corrected chi connectivity index (χ2v) is 5.64. The number of aromatic nitrogens is 4. The van der Waals surface area contributed by atoms with E-state index >= 15 is 0 Å². The molecule has 5 heteroatoms. The molecule has 1 aliphatic heterocycles. The van der Waals surface area contributed by atoms with Gasteiger partial charge < -0.3 is 0 Å². The predicted molar refractivity (Wildman–Crippen MR) is 77.2 cm³/mol. The van der Waals surface area contributed by atoms with Crippen LogP contribution in [-0.2, 0) is 13.6 Å². The van der Waals surface area contributed by atoms with Crippen LogP contribution in [0.4, 0.5) is 0 Å². The first-order chi connectivity index (χ1) is 9.70. The van der Waals surface area contributed by atoms with Gasteiger partial charge >= 0.3 is 0 Å². The highest BCUT2D eigenvalue weighted by Crippen LogP contribution is 2.26. The van der Waals surface area contributed by atoms with E-state index in [1.807, 2.05) is 37.2 Å². The molecule has 2 aromatic rings. The summed E-state index contributed by atoms with van der Waals surface area (Å²) in [7, 11) is 1.96. The van der Waals surface area contributed by atoms with Gasteiger partial charge in [-0.1, -0.05) is 0 Å². The zero-order valence-corrected chi connectivity index (χ0v) is 12.2. The van der Waals surface area contributed by atoms with Crippen molar-refractivity contribution >= 4 is 0 Å². The average Bonchev–Trinajstić information content (AvgIpc) is 2.84. The molecule has 0 bridgehead atoms. The fourth-order valence-electron chi connectivity index (χ4n) is 2.90. The number of hydrogen-bond acceptors (Lipinski definition) is 4. The summed E-state index contributed by atoms with van der Waals surface area (Å²) in [5, 5.41) is 4.46. The Morgan fingerprint density at radius 3 is 3.00 bits per heavy atom. The molecule has 1 aliphatic rings. The lowest BCUT2D eigenvalue weighted by molar-refractivity contribution is 0.196. The Morgan fingerprint density at radius 1 is 1.35 bits per heavy atom. The van der Waals surface area contributed by atoms with E-state index in [9.17, 15) is 0 Å². The van der Waals surface area contributed by atoms with Crippen LogP contribution in [0.1, 0.15) is 35.8 Å². The summed E-state index contributed by atoms with van der Waals surface area (Å²) in [5.74, 6) is 0.500. The van der Waals surface area contributed by atoms with Gasteiger partial charge in [-0.25, -0.2) is 0 Å². The summed E-state index contributed by atoms with van der Waals surface area (Å²) in [4.78, 5) is 11.4. The van der Waals surface area contributed by atoms with Crippen molar-refractivity contribution in [3.8, 4) is 0 Å². The van der Waals surface area contributed by atoms with Crippen LogP contribution in [0.15, 0.2) is 24.7 Å². The first kappa shape index (κ1) is 13.2. The number of nitrogens with zero attached hydrogens (tertiary/aromatic N) is 5. The summed E-state index contributed by atoms with van der Waals surface area (Å²) in [6, 6.07) is 2.09. The molecule has 2 aromatic heterocycles. The van der Waals surface area contributed by atoms with Gasteiger partial charge in [-0.2, -0.15) is 5.10 Å². The number of rotatable bonds is 3. The SMILES string of the molecule is Cc1cncc([C@@H]2CCCN(Cc3ccn(C)n3)C2)n1. The van der Waals surface area contributed by atoms with Crippen LogP contribution in [0.5, 0.6) is 0 Å². The Balaban J connectivity index is 1.67. The van der Waals surface area contributed by atoms with Crippen LogP contribution in [-0.4, -0.2) is 37.7 Å². The number of likely N-dealkylation sites (tertiary alicyclic amines) is 1. The molecular weight excluding hydrogens is 250 g/mol. The van der Waals surface area contributed by atoms with Gasteiger partial charge in [-0.05, 0) is 32.4 Å². The Hall–Kier alpha value is -1.75. The van der Waals surface area contributed by atoms with Crippen LogP contribution >= 0.6 is 0 Å². The molecule has 0 amide bonds. The fraction of sp³-hybridized carbons (Fsp3) is 0.533. The van der Waals surface area contributed by atoms with E-state index in [1.54, 1.807) is 0 Å². The van der Waals surface area contributed by atoms with Gasteiger partial charge in [0.2, 0.25) is 0 Å². The highest BCUT2D eigenvalue weighted by atomic mass is 15.3. The topological polar surface area (TPSA) is 46.8 Å². The lowest BCUT2D eigenvalue weighted by Gasteiger charge is -2.31. The van der Waals surface area contributed by atoms with E-state index < -0.39 is 0 Å². The molecule has 0 spiro atoms. The molecule has 106 valence electrons. The number of aryl methyl sites for hydroxylation is 2. The second kappa shape index (κ2) is 5.71. The largest absolute Gasteiger partial charge is 0.297 e. The molecule has 1 saturated heterocycles. The third-order valence-electron chi connectivity index (χ3n) is 3.85. The van der Waals surface area contributed by atoms with Gasteiger partial charge in [0.1, 0.15) is 0 Å². The third kappa shape index (κ3) is 3.04. The zero-order chi connectivity index (χ0) is 13.9. The van der Waals surface area contributed by atoms with Crippen molar-refractivity contribution in [1.82, 2.24) is 24.6 Å². The molecular formula is C15H21N5. The Bertz CT molecular complexity index is 577. The molecule has 0 unspecified atom stereocenters. The average molecular weight is 271 g/mol. The van der Waals surface area contributed by atoms with Gasteiger partial charge in [-0.3, -0.25) is 19.5 Å². The van der Waals surface area contributed by atoms with Crippen LogP contribution in [0.2, 0.25) is 0 Å². The maximum absolute atomic E-state index is 4.63. The predicted octanol–water partition coefficient (Wildman–Crippen LogP) is 1.90. The zero-order valence-electron chi connectivity index (χ0n) is 12.2. The number of hydrogen-bond donors (Lipinski definition) is 0. The second-order valence-electron chi connectivity index (χ2n) is 5.64. The number of piperidine rings is 1. The maximum Gasteiger partial charge on any atom is 0.0764 e. The molecule has 3 heterocycles. The van der Waals surface area contributed by atoms with Crippen LogP contribution in [0, 0.1) is 6.92 Å². The molecule has 0 aliphatic carbocycles. The Labute approximate surface area is 119 Å². The van der Waals surface area contributed by atoms with E-state index in [-0.39, 0.29) is 0 Å². The van der Waals surface area contributed by atoms with Gasteiger partial charge in [0.25, 0.3) is 0 Å². The summed E-state index contributed by atoms with van der Waals surface area (Å²) in [6.45, 7) is 5.13. The van der Waals surface area contributed by atoms with Crippen molar-refractivity contribution in [3.05, 3.63) is 41.7 Å². The van der Waals surface area contributed by atoms with Crippen LogP contribution < -0.4 is 0 Å². The van der Waals surface area contributed by atoms with Crippen molar-refractivity contribution in [3.63, 3.8) is 0 Å². The normalized spacial score (nSPS) is 20.2. The molecule has 0 aromatic carbocycles. The van der Waals surface area contributed by atoms with Crippen molar-refractivity contribution in [2.75, 3.05) is 13.1 Å². The van der Waals surface area contributed by atoms with Crippen LogP contribution in [0.25, 0.3) is 0 Å². The molecule has 1 fully saturated rings. The van der Waals surface area contributed by atoms with E-state index in [0.717, 1.165) is 36.7 Å². The van der Waals surface area contributed by atoms with Gasteiger partial charge in [-0.15, -0.1) is 0 Å². The van der Waals surface area contributed by atoms with Crippen LogP contribution in [0.3, 0.4) is 0 Å². The third-order valence-corrected chi connectivity index (χ3v) is 3.85. The molecule has 3 rings (SSSR count). The summed E-state index contributed by atoms with van der Waals surface area (Å²) in [6.07, 6.45) is 8.16. The lowest BCUT2D eigenvalue weighted by Crippen LogP contribution is -2.34. The minimum absolute atomic E-state index is 0.500. The van der Waals surface area contributed by atoms with Crippen molar-refractivity contribution in [1.29, 1.82) is 0 Å².